The molecule has 1 heterocycles. The molecule has 0 spiro atoms. The highest BCUT2D eigenvalue weighted by molar-refractivity contribution is 5.78. The molecule has 0 aliphatic heterocycles. The summed E-state index contributed by atoms with van der Waals surface area (Å²) in [6.07, 6.45) is 8.01. The van der Waals surface area contributed by atoms with E-state index in [2.05, 4.69) is 18.1 Å². The molecule has 1 aromatic heterocycles. The number of aromatic nitrogens is 2. The summed E-state index contributed by atoms with van der Waals surface area (Å²) in [6, 6.07) is 6.24. The number of nitriles is 1. The Morgan fingerprint density at radius 3 is 2.88 bits per heavy atom. The van der Waals surface area contributed by atoms with E-state index in [9.17, 15) is 14.0 Å². The molecule has 0 bridgehead atoms. The molecule has 9 heteroatoms. The predicted molar refractivity (Wildman–Crippen MR) is 118 cm³/mol. The van der Waals surface area contributed by atoms with Crippen LogP contribution in [0.2, 0.25) is 0 Å². The second kappa shape index (κ2) is 9.06. The number of rotatable bonds is 5. The van der Waals surface area contributed by atoms with Gasteiger partial charge in [-0.2, -0.15) is 10.4 Å². The maximum atomic E-state index is 13.3. The number of halogens is 1. The molecule has 4 rings (SSSR count). The Balaban J connectivity index is 1.50. The highest BCUT2D eigenvalue weighted by Gasteiger charge is 2.45. The van der Waals surface area contributed by atoms with Crippen LogP contribution in [-0.4, -0.2) is 46.4 Å². The van der Waals surface area contributed by atoms with Crippen molar-refractivity contribution in [3.05, 3.63) is 53.1 Å². The fourth-order valence-corrected chi connectivity index (χ4v) is 4.67. The lowest BCUT2D eigenvalue weighted by Gasteiger charge is -2.45. The molecule has 0 radical (unpaired) electrons. The van der Waals surface area contributed by atoms with Crippen LogP contribution in [0.3, 0.4) is 0 Å². The van der Waals surface area contributed by atoms with Gasteiger partial charge in [0.05, 0.1) is 17.6 Å². The summed E-state index contributed by atoms with van der Waals surface area (Å²) in [6.45, 7) is 2.28. The molecular weight excluding hydrogens is 425 g/mol. The smallest absolute Gasteiger partial charge is 0.409 e. The van der Waals surface area contributed by atoms with Gasteiger partial charge < -0.3 is 9.64 Å². The first kappa shape index (κ1) is 22.5. The van der Waals surface area contributed by atoms with E-state index in [4.69, 9.17) is 10.00 Å². The van der Waals surface area contributed by atoms with Crippen molar-refractivity contribution in [2.24, 2.45) is 5.41 Å². The monoisotopic (exact) mass is 451 g/mol. The number of hydrogen-bond donors (Lipinski definition) is 1. The lowest BCUT2D eigenvalue weighted by Crippen LogP contribution is -2.45. The highest BCUT2D eigenvalue weighted by atomic mass is 19.1. The van der Waals surface area contributed by atoms with Crippen molar-refractivity contribution in [1.82, 2.24) is 20.0 Å². The van der Waals surface area contributed by atoms with Crippen molar-refractivity contribution in [3.8, 4) is 11.9 Å². The van der Waals surface area contributed by atoms with Crippen LogP contribution in [0.25, 0.3) is 11.8 Å². The number of carbonyl (C=O) groups is 2. The summed E-state index contributed by atoms with van der Waals surface area (Å²) in [5.41, 5.74) is 3.67. The number of benzene rings is 1. The van der Waals surface area contributed by atoms with E-state index in [0.29, 0.717) is 6.42 Å². The van der Waals surface area contributed by atoms with Crippen molar-refractivity contribution in [3.63, 3.8) is 0 Å². The van der Waals surface area contributed by atoms with Gasteiger partial charge in [0.25, 0.3) is 0 Å². The zero-order valence-electron chi connectivity index (χ0n) is 18.7. The molecule has 172 valence electrons. The maximum absolute atomic E-state index is 13.3. The molecular formula is C24H26FN5O3. The number of carbonyl (C=O) groups excluding carboxylic acids is 2. The molecule has 0 saturated heterocycles. The average Bonchev–Trinajstić information content (AvgIpc) is 3.19. The largest absolute Gasteiger partial charge is 0.445 e. The van der Waals surface area contributed by atoms with Crippen molar-refractivity contribution < 1.29 is 18.7 Å². The zero-order chi connectivity index (χ0) is 23.6. The van der Waals surface area contributed by atoms with E-state index in [1.807, 2.05) is 16.2 Å². The van der Waals surface area contributed by atoms with Gasteiger partial charge in [0.15, 0.2) is 6.19 Å². The van der Waals surface area contributed by atoms with E-state index >= 15 is 0 Å². The molecule has 1 fully saturated rings. The Morgan fingerprint density at radius 2 is 2.15 bits per heavy atom. The molecule has 1 aromatic carbocycles. The fourth-order valence-electron chi connectivity index (χ4n) is 4.67. The van der Waals surface area contributed by atoms with Gasteiger partial charge in [0, 0.05) is 25.4 Å². The van der Waals surface area contributed by atoms with E-state index in [1.54, 1.807) is 25.4 Å². The molecule has 33 heavy (non-hydrogen) atoms. The number of fused-ring (bicyclic) bond motifs is 2. The molecule has 1 N–H and O–H groups in total. The Hall–Kier alpha value is -3.67. The van der Waals surface area contributed by atoms with Crippen LogP contribution in [0.4, 0.5) is 9.18 Å². The van der Waals surface area contributed by atoms with Crippen LogP contribution in [0.1, 0.15) is 43.9 Å². The summed E-state index contributed by atoms with van der Waals surface area (Å²) in [5, 5.41) is 15.1. The Kier molecular flexibility index (Phi) is 6.18. The number of ether oxygens (including phenoxy) is 1. The summed E-state index contributed by atoms with van der Waals surface area (Å²) >= 11 is 0. The van der Waals surface area contributed by atoms with E-state index in [1.165, 1.54) is 22.6 Å². The quantitative estimate of drug-likeness (QED) is 0.553. The highest BCUT2D eigenvalue weighted by Crippen LogP contribution is 2.49. The van der Waals surface area contributed by atoms with E-state index < -0.39 is 12.0 Å². The fraction of sp³-hybridized carbons (Fsp3) is 0.417. The topological polar surface area (TPSA) is 100 Å². The zero-order valence-corrected chi connectivity index (χ0v) is 18.7. The minimum atomic E-state index is -0.486. The van der Waals surface area contributed by atoms with Gasteiger partial charge in [-0.3, -0.25) is 10.1 Å². The lowest BCUT2D eigenvalue weighted by atomic mass is 9.64. The molecule has 2 aliphatic carbocycles. The van der Waals surface area contributed by atoms with Crippen LogP contribution in [0.15, 0.2) is 36.0 Å². The van der Waals surface area contributed by atoms with Gasteiger partial charge in [-0.25, -0.2) is 13.9 Å². The van der Waals surface area contributed by atoms with Crippen LogP contribution in [-0.2, 0) is 16.0 Å². The van der Waals surface area contributed by atoms with Crippen LogP contribution < -0.4 is 5.32 Å². The number of nitrogens with zero attached hydrogens (tertiary/aromatic N) is 4. The number of hydrogen-bond acceptors (Lipinski definition) is 5. The van der Waals surface area contributed by atoms with Crippen LogP contribution >= 0.6 is 0 Å². The lowest BCUT2D eigenvalue weighted by molar-refractivity contribution is -0.120. The number of nitrogens with one attached hydrogen (secondary N) is 1. The van der Waals surface area contributed by atoms with Gasteiger partial charge in [-0.05, 0) is 61.6 Å². The molecule has 8 nitrogen and oxygen atoms in total. The first-order chi connectivity index (χ1) is 15.8. The van der Waals surface area contributed by atoms with E-state index in [-0.39, 0.29) is 30.3 Å². The Bertz CT molecular complexity index is 1130. The van der Waals surface area contributed by atoms with Crippen LogP contribution in [0, 0.1) is 22.7 Å². The number of amides is 2. The second-order valence-electron chi connectivity index (χ2n) is 8.80. The first-order valence-corrected chi connectivity index (χ1v) is 11.0. The van der Waals surface area contributed by atoms with Gasteiger partial charge in [0.1, 0.15) is 11.9 Å². The molecule has 2 aliphatic rings. The summed E-state index contributed by atoms with van der Waals surface area (Å²) in [7, 11) is 1.58. The van der Waals surface area contributed by atoms with E-state index in [0.717, 1.165) is 36.2 Å². The Morgan fingerprint density at radius 1 is 1.39 bits per heavy atom. The minimum absolute atomic E-state index is 0.0260. The van der Waals surface area contributed by atoms with Crippen LogP contribution in [0.5, 0.6) is 0 Å². The summed E-state index contributed by atoms with van der Waals surface area (Å²) in [5.74, 6) is -0.733. The second-order valence-corrected chi connectivity index (χ2v) is 8.80. The van der Waals surface area contributed by atoms with Crippen molar-refractivity contribution >= 4 is 18.1 Å². The van der Waals surface area contributed by atoms with Gasteiger partial charge in [0.2, 0.25) is 5.91 Å². The minimum Gasteiger partial charge on any atom is -0.445 e. The average molecular weight is 452 g/mol. The molecule has 2 atom stereocenters. The van der Waals surface area contributed by atoms with Crippen molar-refractivity contribution in [1.29, 1.82) is 5.26 Å². The van der Waals surface area contributed by atoms with Crippen molar-refractivity contribution in [2.75, 3.05) is 13.6 Å². The third kappa shape index (κ3) is 4.46. The maximum Gasteiger partial charge on any atom is 0.409 e. The van der Waals surface area contributed by atoms with Gasteiger partial charge in [-0.1, -0.05) is 12.5 Å². The molecule has 1 saturated carbocycles. The standard InChI is InChI=1S/C24H26FN5O3/c1-24-13-16-14-28-30(19-8-6-18(25)7-9-19)20(16)12-17(24)4-3-5-21(24)33-23(32)29(2)11-10-22(31)27-15-26/h6-9,12,14,21H,3-5,10-11,13H2,1-2H3,(H,27,31). The summed E-state index contributed by atoms with van der Waals surface area (Å²) < 4.78 is 21.1. The third-order valence-electron chi connectivity index (χ3n) is 6.61. The van der Waals surface area contributed by atoms with Gasteiger partial charge in [-0.15, -0.1) is 0 Å². The Labute approximate surface area is 191 Å². The third-order valence-corrected chi connectivity index (χ3v) is 6.61. The molecule has 2 unspecified atom stereocenters. The normalized spacial score (nSPS) is 21.2. The molecule has 2 aromatic rings. The molecule has 2 amide bonds. The van der Waals surface area contributed by atoms with Gasteiger partial charge >= 0.3 is 6.09 Å². The SMILES string of the molecule is CN(CCC(=O)NC#N)C(=O)OC1CCCC2=Cc3c(cnn3-c3ccc(F)cc3)CC21C. The first-order valence-electron chi connectivity index (χ1n) is 11.0. The summed E-state index contributed by atoms with van der Waals surface area (Å²) in [4.78, 5) is 25.6. The predicted octanol–water partition coefficient (Wildman–Crippen LogP) is 3.57. The van der Waals surface area contributed by atoms with Crippen molar-refractivity contribution in [2.45, 2.75) is 45.1 Å².